The number of benzene rings is 1. The molecule has 0 bridgehead atoms. The van der Waals surface area contributed by atoms with Crippen molar-refractivity contribution in [2.75, 3.05) is 31.6 Å². The molecule has 31 heavy (non-hydrogen) atoms. The number of nitrogens with one attached hydrogen (secondary N) is 2. The molecule has 7 nitrogen and oxygen atoms in total. The third kappa shape index (κ3) is 5.32. The van der Waals surface area contributed by atoms with Crippen molar-refractivity contribution in [2.45, 2.75) is 18.9 Å². The maximum Gasteiger partial charge on any atom is 0.191 e. The van der Waals surface area contributed by atoms with Crippen molar-refractivity contribution in [3.05, 3.63) is 71.4 Å². The van der Waals surface area contributed by atoms with Gasteiger partial charge >= 0.3 is 0 Å². The van der Waals surface area contributed by atoms with Gasteiger partial charge < -0.3 is 15.5 Å². The Morgan fingerprint density at radius 2 is 2.10 bits per heavy atom. The Labute approximate surface area is 186 Å². The molecule has 2 aromatic heterocycles. The molecule has 3 aromatic rings. The lowest BCUT2D eigenvalue weighted by Crippen LogP contribution is -2.45. The van der Waals surface area contributed by atoms with E-state index in [0.29, 0.717) is 11.6 Å². The number of rotatable bonds is 6. The topological polar surface area (TPSA) is 70.4 Å². The molecule has 0 radical (unpaired) electrons. The zero-order chi connectivity index (χ0) is 21.6. The van der Waals surface area contributed by atoms with E-state index < -0.39 is 0 Å². The minimum atomic E-state index is -0.257. The minimum Gasteiger partial charge on any atom is -0.356 e. The molecule has 1 saturated heterocycles. The number of halogens is 2. The first-order chi connectivity index (χ1) is 15.1. The van der Waals surface area contributed by atoms with Gasteiger partial charge in [0.05, 0.1) is 16.4 Å². The van der Waals surface area contributed by atoms with E-state index in [1.807, 2.05) is 24.4 Å². The second kappa shape index (κ2) is 9.78. The molecule has 162 valence electrons. The number of pyridine rings is 1. The van der Waals surface area contributed by atoms with Crippen LogP contribution in [0.2, 0.25) is 5.02 Å². The molecule has 0 spiro atoms. The van der Waals surface area contributed by atoms with E-state index in [1.165, 1.54) is 12.1 Å². The SMILES string of the molecule is CN=C(NCCc1ccn(-c2ccc(F)cc2)n1)NC1CCN(c2ncccc2Cl)C1. The molecule has 4 rings (SSSR count). The molecule has 0 saturated carbocycles. The number of aromatic nitrogens is 3. The Balaban J connectivity index is 1.25. The van der Waals surface area contributed by atoms with Gasteiger partial charge in [-0.3, -0.25) is 4.99 Å². The monoisotopic (exact) mass is 441 g/mol. The summed E-state index contributed by atoms with van der Waals surface area (Å²) in [6, 6.07) is 12.2. The highest BCUT2D eigenvalue weighted by Crippen LogP contribution is 2.25. The number of aliphatic imine (C=N–C) groups is 1. The van der Waals surface area contributed by atoms with Crippen LogP contribution in [-0.2, 0) is 6.42 Å². The molecule has 1 fully saturated rings. The molecular weight excluding hydrogens is 417 g/mol. The minimum absolute atomic E-state index is 0.257. The molecule has 1 aliphatic heterocycles. The van der Waals surface area contributed by atoms with Crippen LogP contribution < -0.4 is 15.5 Å². The standard InChI is InChI=1S/C22H25ClFN7/c1-25-22(28-18-9-13-30(15-18)21-20(23)3-2-11-26-21)27-12-8-17-10-14-31(29-17)19-6-4-16(24)5-7-19/h2-7,10-11,14,18H,8-9,12-13,15H2,1H3,(H2,25,27,28). The first kappa shape index (κ1) is 21.1. The van der Waals surface area contributed by atoms with Crippen molar-refractivity contribution in [2.24, 2.45) is 4.99 Å². The van der Waals surface area contributed by atoms with Gasteiger partial charge in [-0.15, -0.1) is 0 Å². The summed E-state index contributed by atoms with van der Waals surface area (Å²) in [5.74, 6) is 1.33. The second-order valence-electron chi connectivity index (χ2n) is 7.36. The van der Waals surface area contributed by atoms with Crippen molar-refractivity contribution in [3.8, 4) is 5.69 Å². The molecule has 9 heteroatoms. The van der Waals surface area contributed by atoms with Gasteiger partial charge in [0.2, 0.25) is 0 Å². The lowest BCUT2D eigenvalue weighted by atomic mass is 10.3. The molecular formula is C22H25ClFN7. The molecule has 3 heterocycles. The Kier molecular flexibility index (Phi) is 6.66. The lowest BCUT2D eigenvalue weighted by Gasteiger charge is -2.20. The number of nitrogens with zero attached hydrogens (tertiary/aromatic N) is 5. The molecule has 1 unspecified atom stereocenters. The van der Waals surface area contributed by atoms with E-state index >= 15 is 0 Å². The lowest BCUT2D eigenvalue weighted by molar-refractivity contribution is 0.627. The Morgan fingerprint density at radius 3 is 2.87 bits per heavy atom. The quantitative estimate of drug-likeness (QED) is 0.454. The third-order valence-electron chi connectivity index (χ3n) is 5.20. The van der Waals surface area contributed by atoms with Crippen LogP contribution in [0, 0.1) is 5.82 Å². The summed E-state index contributed by atoms with van der Waals surface area (Å²) in [6.45, 7) is 2.41. The highest BCUT2D eigenvalue weighted by molar-refractivity contribution is 6.32. The maximum absolute atomic E-state index is 13.1. The summed E-state index contributed by atoms with van der Waals surface area (Å²) in [6.07, 6.45) is 5.37. The summed E-state index contributed by atoms with van der Waals surface area (Å²) in [5, 5.41) is 12.0. The second-order valence-corrected chi connectivity index (χ2v) is 7.77. The van der Waals surface area contributed by atoms with Gasteiger partial charge in [0.1, 0.15) is 11.6 Å². The average Bonchev–Trinajstić information content (AvgIpc) is 3.44. The number of anilines is 1. The summed E-state index contributed by atoms with van der Waals surface area (Å²) < 4.78 is 14.8. The van der Waals surface area contributed by atoms with Crippen molar-refractivity contribution in [3.63, 3.8) is 0 Å². The zero-order valence-electron chi connectivity index (χ0n) is 17.3. The smallest absolute Gasteiger partial charge is 0.191 e. The van der Waals surface area contributed by atoms with Gasteiger partial charge in [-0.05, 0) is 48.9 Å². The fourth-order valence-electron chi connectivity index (χ4n) is 3.61. The first-order valence-corrected chi connectivity index (χ1v) is 10.6. The number of hydrogen-bond donors (Lipinski definition) is 2. The Morgan fingerprint density at radius 1 is 1.26 bits per heavy atom. The van der Waals surface area contributed by atoms with E-state index in [-0.39, 0.29) is 11.9 Å². The van der Waals surface area contributed by atoms with Gasteiger partial charge in [0.25, 0.3) is 0 Å². The van der Waals surface area contributed by atoms with Gasteiger partial charge in [-0.25, -0.2) is 14.1 Å². The highest BCUT2D eigenvalue weighted by Gasteiger charge is 2.25. The van der Waals surface area contributed by atoms with Gasteiger partial charge in [-0.2, -0.15) is 5.10 Å². The zero-order valence-corrected chi connectivity index (χ0v) is 18.1. The predicted octanol–water partition coefficient (Wildman–Crippen LogP) is 3.05. The van der Waals surface area contributed by atoms with Crippen LogP contribution in [0.4, 0.5) is 10.2 Å². The van der Waals surface area contributed by atoms with Crippen molar-refractivity contribution in [1.82, 2.24) is 25.4 Å². The van der Waals surface area contributed by atoms with E-state index in [2.05, 4.69) is 30.6 Å². The largest absolute Gasteiger partial charge is 0.356 e. The highest BCUT2D eigenvalue weighted by atomic mass is 35.5. The third-order valence-corrected chi connectivity index (χ3v) is 5.50. The predicted molar refractivity (Wildman–Crippen MR) is 122 cm³/mol. The Hall–Kier alpha value is -3.13. The Bertz CT molecular complexity index is 1030. The van der Waals surface area contributed by atoms with Crippen LogP contribution in [0.3, 0.4) is 0 Å². The van der Waals surface area contributed by atoms with Crippen LogP contribution in [0.25, 0.3) is 5.69 Å². The van der Waals surface area contributed by atoms with E-state index in [4.69, 9.17) is 11.6 Å². The van der Waals surface area contributed by atoms with E-state index in [9.17, 15) is 4.39 Å². The fraction of sp³-hybridized carbons (Fsp3) is 0.318. The maximum atomic E-state index is 13.1. The molecule has 1 aliphatic rings. The van der Waals surface area contributed by atoms with Crippen LogP contribution in [-0.4, -0.2) is 53.4 Å². The van der Waals surface area contributed by atoms with Gasteiger partial charge in [0, 0.05) is 51.5 Å². The molecule has 0 aliphatic carbocycles. The number of guanidine groups is 1. The van der Waals surface area contributed by atoms with Gasteiger partial charge in [0.15, 0.2) is 5.96 Å². The molecule has 1 atom stereocenters. The van der Waals surface area contributed by atoms with Crippen molar-refractivity contribution in [1.29, 1.82) is 0 Å². The average molecular weight is 442 g/mol. The summed E-state index contributed by atoms with van der Waals surface area (Å²) in [7, 11) is 1.76. The van der Waals surface area contributed by atoms with Crippen LogP contribution in [0.1, 0.15) is 12.1 Å². The summed E-state index contributed by atoms with van der Waals surface area (Å²) in [5.41, 5.74) is 1.78. The normalized spacial score (nSPS) is 16.5. The van der Waals surface area contributed by atoms with Crippen LogP contribution >= 0.6 is 11.6 Å². The van der Waals surface area contributed by atoms with Crippen molar-refractivity contribution >= 4 is 23.4 Å². The summed E-state index contributed by atoms with van der Waals surface area (Å²) >= 11 is 6.27. The molecule has 0 amide bonds. The molecule has 2 N–H and O–H groups in total. The first-order valence-electron chi connectivity index (χ1n) is 10.3. The van der Waals surface area contributed by atoms with Crippen LogP contribution in [0.15, 0.2) is 59.9 Å². The summed E-state index contributed by atoms with van der Waals surface area (Å²) in [4.78, 5) is 10.9. The van der Waals surface area contributed by atoms with Gasteiger partial charge in [-0.1, -0.05) is 11.6 Å². The van der Waals surface area contributed by atoms with E-state index in [0.717, 1.165) is 49.1 Å². The number of hydrogen-bond acceptors (Lipinski definition) is 4. The fourth-order valence-corrected chi connectivity index (χ4v) is 3.85. The van der Waals surface area contributed by atoms with E-state index in [1.54, 1.807) is 30.1 Å². The molecule has 1 aromatic carbocycles. The van der Waals surface area contributed by atoms with Crippen molar-refractivity contribution < 1.29 is 4.39 Å². The van der Waals surface area contributed by atoms with Crippen LogP contribution in [0.5, 0.6) is 0 Å².